The summed E-state index contributed by atoms with van der Waals surface area (Å²) in [6.45, 7) is 0.786. The van der Waals surface area contributed by atoms with E-state index in [0.717, 1.165) is 25.8 Å². The number of anilines is 1. The Morgan fingerprint density at radius 2 is 2.08 bits per heavy atom. The number of rotatable bonds is 4. The molecular weight excluding hydrogens is 328 g/mol. The van der Waals surface area contributed by atoms with E-state index < -0.39 is 0 Å². The van der Waals surface area contributed by atoms with Gasteiger partial charge in [0.15, 0.2) is 5.82 Å². The molecule has 1 aliphatic rings. The number of pyridine rings is 1. The molecule has 3 aromatic rings. The van der Waals surface area contributed by atoms with Crippen LogP contribution in [0.2, 0.25) is 0 Å². The number of carbonyl (C=O) groups excluding carboxylic acids is 1. The van der Waals surface area contributed by atoms with Gasteiger partial charge in [-0.15, -0.1) is 0 Å². The van der Waals surface area contributed by atoms with Crippen LogP contribution in [-0.2, 0) is 6.42 Å². The summed E-state index contributed by atoms with van der Waals surface area (Å²) in [7, 11) is 0. The lowest BCUT2D eigenvalue weighted by atomic mass is 10.0. The van der Waals surface area contributed by atoms with E-state index in [1.54, 1.807) is 23.3 Å². The molecule has 2 amide bonds. The van der Waals surface area contributed by atoms with E-state index in [1.165, 1.54) is 11.9 Å². The molecule has 0 aliphatic carbocycles. The molecule has 2 aromatic heterocycles. The number of benzene rings is 1. The van der Waals surface area contributed by atoms with Crippen LogP contribution in [0.25, 0.3) is 5.82 Å². The summed E-state index contributed by atoms with van der Waals surface area (Å²) in [6, 6.07) is 14.1. The van der Waals surface area contributed by atoms with Gasteiger partial charge in [0.2, 0.25) is 0 Å². The molecule has 0 unspecified atom stereocenters. The Hall–Kier alpha value is -3.22. The SMILES string of the molecule is O=C(Nc1ccc(-n2cncn2)nc1)N1CCC[C@H]1Cc1ccccc1. The van der Waals surface area contributed by atoms with Crippen LogP contribution in [0.4, 0.5) is 10.5 Å². The molecule has 26 heavy (non-hydrogen) atoms. The Labute approximate surface area is 151 Å². The Balaban J connectivity index is 1.40. The molecule has 1 N–H and O–H groups in total. The molecule has 3 heterocycles. The van der Waals surface area contributed by atoms with Crippen LogP contribution in [0.15, 0.2) is 61.3 Å². The van der Waals surface area contributed by atoms with Crippen molar-refractivity contribution in [2.75, 3.05) is 11.9 Å². The van der Waals surface area contributed by atoms with Crippen LogP contribution in [0.5, 0.6) is 0 Å². The van der Waals surface area contributed by atoms with Crippen molar-refractivity contribution in [2.45, 2.75) is 25.3 Å². The number of aromatic nitrogens is 4. The van der Waals surface area contributed by atoms with Crippen LogP contribution < -0.4 is 5.32 Å². The summed E-state index contributed by atoms with van der Waals surface area (Å²) in [5.41, 5.74) is 1.93. The number of hydrogen-bond donors (Lipinski definition) is 1. The van der Waals surface area contributed by atoms with Crippen LogP contribution in [0.1, 0.15) is 18.4 Å². The van der Waals surface area contributed by atoms with Gasteiger partial charge in [0, 0.05) is 12.6 Å². The third-order valence-corrected chi connectivity index (χ3v) is 4.60. The Morgan fingerprint density at radius 3 is 2.81 bits per heavy atom. The van der Waals surface area contributed by atoms with Gasteiger partial charge in [0.1, 0.15) is 12.7 Å². The summed E-state index contributed by atoms with van der Waals surface area (Å²) in [6.07, 6.45) is 7.63. The summed E-state index contributed by atoms with van der Waals surface area (Å²) >= 11 is 0. The van der Waals surface area contributed by atoms with Crippen LogP contribution in [0, 0.1) is 0 Å². The molecule has 1 fully saturated rings. The molecule has 7 nitrogen and oxygen atoms in total. The highest BCUT2D eigenvalue weighted by atomic mass is 16.2. The second-order valence-electron chi connectivity index (χ2n) is 6.35. The van der Waals surface area contributed by atoms with Gasteiger partial charge < -0.3 is 10.2 Å². The van der Waals surface area contributed by atoms with Crippen molar-refractivity contribution in [1.82, 2.24) is 24.6 Å². The normalized spacial score (nSPS) is 16.6. The van der Waals surface area contributed by atoms with Crippen molar-refractivity contribution < 1.29 is 4.79 Å². The monoisotopic (exact) mass is 348 g/mol. The minimum absolute atomic E-state index is 0.0706. The van der Waals surface area contributed by atoms with E-state index in [2.05, 4.69) is 32.5 Å². The maximum atomic E-state index is 12.7. The number of nitrogens with one attached hydrogen (secondary N) is 1. The highest BCUT2D eigenvalue weighted by Gasteiger charge is 2.28. The number of urea groups is 1. The third-order valence-electron chi connectivity index (χ3n) is 4.60. The fourth-order valence-electron chi connectivity index (χ4n) is 3.32. The first-order chi connectivity index (χ1) is 12.8. The van der Waals surface area contributed by atoms with E-state index in [-0.39, 0.29) is 12.1 Å². The highest BCUT2D eigenvalue weighted by molar-refractivity contribution is 5.89. The van der Waals surface area contributed by atoms with Gasteiger partial charge in [-0.05, 0) is 37.0 Å². The molecule has 0 bridgehead atoms. The number of amides is 2. The molecular formula is C19H20N6O. The standard InChI is InChI=1S/C19H20N6O/c26-19(23-16-8-9-18(21-12-16)25-14-20-13-22-25)24-10-4-7-17(24)11-15-5-2-1-3-6-15/h1-3,5-6,8-9,12-14,17H,4,7,10-11H2,(H,23,26)/t17-/m0/s1. The number of likely N-dealkylation sites (tertiary alicyclic amines) is 1. The van der Waals surface area contributed by atoms with E-state index in [1.807, 2.05) is 29.2 Å². The zero-order valence-electron chi connectivity index (χ0n) is 14.3. The van der Waals surface area contributed by atoms with E-state index in [4.69, 9.17) is 0 Å². The largest absolute Gasteiger partial charge is 0.322 e. The number of carbonyl (C=O) groups is 1. The summed E-state index contributed by atoms with van der Waals surface area (Å²) in [4.78, 5) is 22.8. The van der Waals surface area contributed by atoms with Crippen molar-refractivity contribution >= 4 is 11.7 Å². The van der Waals surface area contributed by atoms with Crippen molar-refractivity contribution in [3.05, 3.63) is 66.9 Å². The summed E-state index contributed by atoms with van der Waals surface area (Å²) in [5, 5.41) is 6.99. The Morgan fingerprint density at radius 1 is 1.19 bits per heavy atom. The summed E-state index contributed by atoms with van der Waals surface area (Å²) < 4.78 is 1.57. The van der Waals surface area contributed by atoms with E-state index >= 15 is 0 Å². The van der Waals surface area contributed by atoms with Crippen molar-refractivity contribution in [3.8, 4) is 5.82 Å². The first-order valence-corrected chi connectivity index (χ1v) is 8.72. The fourth-order valence-corrected chi connectivity index (χ4v) is 3.32. The molecule has 132 valence electrons. The van der Waals surface area contributed by atoms with Gasteiger partial charge in [-0.25, -0.2) is 19.4 Å². The van der Waals surface area contributed by atoms with Gasteiger partial charge >= 0.3 is 6.03 Å². The van der Waals surface area contributed by atoms with Crippen LogP contribution >= 0.6 is 0 Å². The maximum Gasteiger partial charge on any atom is 0.322 e. The molecule has 0 radical (unpaired) electrons. The highest BCUT2D eigenvalue weighted by Crippen LogP contribution is 2.22. The second-order valence-corrected chi connectivity index (χ2v) is 6.35. The quantitative estimate of drug-likeness (QED) is 0.786. The van der Waals surface area contributed by atoms with Gasteiger partial charge in [-0.3, -0.25) is 0 Å². The summed E-state index contributed by atoms with van der Waals surface area (Å²) in [5.74, 6) is 0.656. The molecule has 1 saturated heterocycles. The minimum Gasteiger partial charge on any atom is -0.321 e. The number of hydrogen-bond acceptors (Lipinski definition) is 4. The Bertz CT molecular complexity index is 848. The average Bonchev–Trinajstić information content (AvgIpc) is 3.35. The van der Waals surface area contributed by atoms with Gasteiger partial charge in [-0.1, -0.05) is 30.3 Å². The molecule has 0 saturated carbocycles. The molecule has 1 aliphatic heterocycles. The smallest absolute Gasteiger partial charge is 0.321 e. The number of nitrogens with zero attached hydrogens (tertiary/aromatic N) is 5. The van der Waals surface area contributed by atoms with Crippen molar-refractivity contribution in [3.63, 3.8) is 0 Å². The first kappa shape index (κ1) is 16.3. The van der Waals surface area contributed by atoms with Crippen LogP contribution in [0.3, 0.4) is 0 Å². The average molecular weight is 348 g/mol. The van der Waals surface area contributed by atoms with Gasteiger partial charge in [0.25, 0.3) is 0 Å². The van der Waals surface area contributed by atoms with Crippen molar-refractivity contribution in [2.24, 2.45) is 0 Å². The molecule has 7 heteroatoms. The lowest BCUT2D eigenvalue weighted by molar-refractivity contribution is 0.206. The Kier molecular flexibility index (Phi) is 4.59. The molecule has 1 atom stereocenters. The predicted octanol–water partition coefficient (Wildman–Crippen LogP) is 2.90. The lowest BCUT2D eigenvalue weighted by Gasteiger charge is -2.25. The molecule has 1 aromatic carbocycles. The second kappa shape index (κ2) is 7.35. The minimum atomic E-state index is -0.0706. The lowest BCUT2D eigenvalue weighted by Crippen LogP contribution is -2.39. The van der Waals surface area contributed by atoms with E-state index in [0.29, 0.717) is 11.5 Å². The van der Waals surface area contributed by atoms with Crippen molar-refractivity contribution in [1.29, 1.82) is 0 Å². The topological polar surface area (TPSA) is 75.9 Å². The molecule has 4 rings (SSSR count). The van der Waals surface area contributed by atoms with Gasteiger partial charge in [0.05, 0.1) is 11.9 Å². The van der Waals surface area contributed by atoms with E-state index in [9.17, 15) is 4.79 Å². The molecule has 0 spiro atoms. The first-order valence-electron chi connectivity index (χ1n) is 8.72. The van der Waals surface area contributed by atoms with Crippen LogP contribution in [-0.4, -0.2) is 43.3 Å². The zero-order chi connectivity index (χ0) is 17.8. The third kappa shape index (κ3) is 3.56. The zero-order valence-corrected chi connectivity index (χ0v) is 14.3. The van der Waals surface area contributed by atoms with Gasteiger partial charge in [-0.2, -0.15) is 5.10 Å². The predicted molar refractivity (Wildman–Crippen MR) is 98.0 cm³/mol. The maximum absolute atomic E-state index is 12.7. The fraction of sp³-hybridized carbons (Fsp3) is 0.263.